The maximum atomic E-state index is 12.8. The minimum atomic E-state index is -4.39. The van der Waals surface area contributed by atoms with Crippen LogP contribution in [0.4, 0.5) is 0 Å². The Bertz CT molecular complexity index is 1430. The molecule has 0 saturated heterocycles. The van der Waals surface area contributed by atoms with Gasteiger partial charge in [0, 0.05) is 19.4 Å². The summed E-state index contributed by atoms with van der Waals surface area (Å²) >= 11 is 0. The van der Waals surface area contributed by atoms with E-state index in [2.05, 4.69) is 26.0 Å². The summed E-state index contributed by atoms with van der Waals surface area (Å²) < 4.78 is 33.3. The zero-order valence-corrected chi connectivity index (χ0v) is 59.5. The lowest BCUT2D eigenvalue weighted by molar-refractivity contribution is -0.161. The van der Waals surface area contributed by atoms with Crippen molar-refractivity contribution >= 4 is 19.8 Å². The number of hydrogen-bond acceptors (Lipinski definition) is 8. The maximum absolute atomic E-state index is 12.8. The summed E-state index contributed by atoms with van der Waals surface area (Å²) in [7, 11) is -4.39. The van der Waals surface area contributed by atoms with Gasteiger partial charge in [0.05, 0.1) is 13.2 Å². The molecule has 0 aliphatic rings. The molecule has 0 aromatic heterocycles. The number of unbranched alkanes of at least 4 members (excludes halogenated alkanes) is 61. The van der Waals surface area contributed by atoms with Crippen LogP contribution in [0.1, 0.15) is 438 Å². The topological polar surface area (TPSA) is 134 Å². The summed E-state index contributed by atoms with van der Waals surface area (Å²) in [5, 5.41) is 0. The molecule has 2 atom stereocenters. The van der Waals surface area contributed by atoms with Gasteiger partial charge in [-0.1, -0.05) is 398 Å². The fourth-order valence-corrected chi connectivity index (χ4v) is 13.1. The first-order chi connectivity index (χ1) is 42.8. The number of nitrogens with two attached hydrogens (primary N) is 1. The molecule has 0 bridgehead atoms. The van der Waals surface area contributed by atoms with Crippen molar-refractivity contribution in [1.82, 2.24) is 0 Å². The van der Waals surface area contributed by atoms with E-state index in [-0.39, 0.29) is 38.6 Å². The number of hydrogen-bond donors (Lipinski definition) is 2. The molecule has 0 heterocycles. The minimum Gasteiger partial charge on any atom is -0.462 e. The Kier molecular flexibility index (Phi) is 72.7. The maximum Gasteiger partial charge on any atom is 0.472 e. The second-order valence-corrected chi connectivity index (χ2v) is 28.4. The molecule has 0 rings (SSSR count). The van der Waals surface area contributed by atoms with Gasteiger partial charge in [-0.05, 0) is 38.5 Å². The first kappa shape index (κ1) is 85.8. The number of esters is 2. The summed E-state index contributed by atoms with van der Waals surface area (Å²) in [4.78, 5) is 35.4. The van der Waals surface area contributed by atoms with Crippen molar-refractivity contribution in [1.29, 1.82) is 0 Å². The number of phosphoric ester groups is 1. The van der Waals surface area contributed by atoms with Gasteiger partial charge in [-0.25, -0.2) is 4.57 Å². The lowest BCUT2D eigenvalue weighted by Gasteiger charge is -2.19. The highest BCUT2D eigenvalue weighted by atomic mass is 31.2. The Morgan fingerprint density at radius 1 is 0.333 bits per heavy atom. The molecule has 10 heteroatoms. The fourth-order valence-electron chi connectivity index (χ4n) is 12.3. The summed E-state index contributed by atoms with van der Waals surface area (Å²) in [6.07, 6.45) is 90.7. The molecule has 0 aromatic carbocycles. The van der Waals surface area contributed by atoms with Gasteiger partial charge >= 0.3 is 19.8 Å². The Balaban J connectivity index is 3.75. The van der Waals surface area contributed by atoms with Gasteiger partial charge in [0.25, 0.3) is 0 Å². The van der Waals surface area contributed by atoms with Crippen LogP contribution in [0.3, 0.4) is 0 Å². The molecule has 87 heavy (non-hydrogen) atoms. The molecule has 0 fully saturated rings. The van der Waals surface area contributed by atoms with E-state index < -0.39 is 26.5 Å². The third kappa shape index (κ3) is 73.7. The summed E-state index contributed by atoms with van der Waals surface area (Å²) in [6, 6.07) is 0. The zero-order valence-electron chi connectivity index (χ0n) is 58.6. The molecular weight excluding hydrogens is 1100 g/mol. The molecule has 0 spiro atoms. The van der Waals surface area contributed by atoms with E-state index in [1.54, 1.807) is 0 Å². The lowest BCUT2D eigenvalue weighted by Crippen LogP contribution is -2.29. The van der Waals surface area contributed by atoms with Gasteiger partial charge in [0.15, 0.2) is 6.10 Å². The number of carbonyl (C=O) groups excluding carboxylic acids is 2. The molecule has 0 aromatic rings. The quantitative estimate of drug-likeness (QED) is 0.0264. The SMILES string of the molecule is CCCCCCCCCC/C=C\CCCCCCCCCCCCCCCCCCCCCCCC(=O)OC(COC(=O)CCCCCCCCCCCCCCCCCCCCCCCCCCCCCCCCCCC)COP(=O)(O)OCCN. The van der Waals surface area contributed by atoms with E-state index >= 15 is 0 Å². The van der Waals surface area contributed by atoms with E-state index in [1.165, 1.54) is 372 Å². The molecule has 518 valence electrons. The van der Waals surface area contributed by atoms with Crippen molar-refractivity contribution in [2.24, 2.45) is 5.73 Å². The van der Waals surface area contributed by atoms with Crippen molar-refractivity contribution in [3.63, 3.8) is 0 Å². The monoisotopic (exact) mass is 1250 g/mol. The van der Waals surface area contributed by atoms with Crippen LogP contribution in [0.15, 0.2) is 12.2 Å². The van der Waals surface area contributed by atoms with Crippen molar-refractivity contribution in [3.05, 3.63) is 12.2 Å². The highest BCUT2D eigenvalue weighted by Gasteiger charge is 2.26. The molecule has 3 N–H and O–H groups in total. The highest BCUT2D eigenvalue weighted by Crippen LogP contribution is 2.43. The third-order valence-electron chi connectivity index (χ3n) is 18.2. The van der Waals surface area contributed by atoms with Crippen molar-refractivity contribution in [3.8, 4) is 0 Å². The second kappa shape index (κ2) is 73.8. The average Bonchev–Trinajstić information content (AvgIpc) is 3.64. The molecule has 0 aliphatic heterocycles. The van der Waals surface area contributed by atoms with Gasteiger partial charge in [0.1, 0.15) is 6.61 Å². The number of allylic oxidation sites excluding steroid dienone is 2. The Morgan fingerprint density at radius 2 is 0.563 bits per heavy atom. The van der Waals surface area contributed by atoms with Gasteiger partial charge in [0.2, 0.25) is 0 Å². The molecule has 2 unspecified atom stereocenters. The zero-order chi connectivity index (χ0) is 63.0. The smallest absolute Gasteiger partial charge is 0.462 e. The molecule has 0 radical (unpaired) electrons. The van der Waals surface area contributed by atoms with Crippen molar-refractivity contribution in [2.45, 2.75) is 444 Å². The first-order valence-corrected chi connectivity index (χ1v) is 40.7. The van der Waals surface area contributed by atoms with Gasteiger partial charge < -0.3 is 20.1 Å². The van der Waals surface area contributed by atoms with Crippen LogP contribution in [-0.2, 0) is 32.7 Å². The van der Waals surface area contributed by atoms with Gasteiger partial charge in [-0.3, -0.25) is 18.6 Å². The van der Waals surface area contributed by atoms with E-state index in [1.807, 2.05) is 0 Å². The average molecular weight is 1250 g/mol. The van der Waals surface area contributed by atoms with Crippen LogP contribution in [0.25, 0.3) is 0 Å². The number of phosphoric acid groups is 1. The number of ether oxygens (including phenoxy) is 2. The van der Waals surface area contributed by atoms with E-state index in [9.17, 15) is 19.0 Å². The van der Waals surface area contributed by atoms with Gasteiger partial charge in [-0.2, -0.15) is 0 Å². The summed E-state index contributed by atoms with van der Waals surface area (Å²) in [6.45, 7) is 3.85. The van der Waals surface area contributed by atoms with E-state index in [0.29, 0.717) is 6.42 Å². The Morgan fingerprint density at radius 3 is 0.816 bits per heavy atom. The van der Waals surface area contributed by atoms with Gasteiger partial charge in [-0.15, -0.1) is 0 Å². The first-order valence-electron chi connectivity index (χ1n) is 39.2. The van der Waals surface area contributed by atoms with Crippen LogP contribution in [-0.4, -0.2) is 49.3 Å². The standard InChI is InChI=1S/C77H152NO8P/c1-3-5-7-9-11-13-15-17-19-21-23-25-27-29-31-33-35-37-39-41-43-45-47-49-51-53-55-57-59-61-63-65-67-69-76(79)83-73-75(74-85-87(81,82)84-72-71-78)86-77(80)70-68-66-64-62-60-58-56-54-52-50-48-46-44-42-40-38-36-34-32-30-28-26-24-22-20-18-16-14-12-10-8-6-4-2/h22,24,75H,3-21,23,25-74,78H2,1-2H3,(H,81,82)/b24-22-. The van der Waals surface area contributed by atoms with Crippen molar-refractivity contribution < 1.29 is 37.6 Å². The largest absolute Gasteiger partial charge is 0.472 e. The van der Waals surface area contributed by atoms with Crippen LogP contribution in [0.2, 0.25) is 0 Å². The normalized spacial score (nSPS) is 12.8. The number of rotatable bonds is 76. The highest BCUT2D eigenvalue weighted by molar-refractivity contribution is 7.47. The predicted octanol–water partition coefficient (Wildman–Crippen LogP) is 25.9. The molecule has 0 saturated carbocycles. The van der Waals surface area contributed by atoms with E-state index in [4.69, 9.17) is 24.3 Å². The lowest BCUT2D eigenvalue weighted by atomic mass is 10.0. The summed E-state index contributed by atoms with van der Waals surface area (Å²) in [5.74, 6) is -0.797. The van der Waals surface area contributed by atoms with Crippen LogP contribution >= 0.6 is 7.82 Å². The van der Waals surface area contributed by atoms with Crippen LogP contribution < -0.4 is 5.73 Å². The Labute approximate surface area is 542 Å². The van der Waals surface area contributed by atoms with E-state index in [0.717, 1.165) is 32.1 Å². The Hall–Kier alpha value is -1.25. The molecule has 0 aliphatic carbocycles. The van der Waals surface area contributed by atoms with Crippen molar-refractivity contribution in [2.75, 3.05) is 26.4 Å². The minimum absolute atomic E-state index is 0.0581. The third-order valence-corrected chi connectivity index (χ3v) is 19.1. The molecule has 0 amide bonds. The number of carbonyl (C=O) groups is 2. The molecular formula is C77H152NO8P. The second-order valence-electron chi connectivity index (χ2n) is 26.9. The van der Waals surface area contributed by atoms with Crippen LogP contribution in [0, 0.1) is 0 Å². The van der Waals surface area contributed by atoms with Crippen LogP contribution in [0.5, 0.6) is 0 Å². The molecule has 9 nitrogen and oxygen atoms in total. The predicted molar refractivity (Wildman–Crippen MR) is 377 cm³/mol. The fraction of sp³-hybridized carbons (Fsp3) is 0.948. The summed E-state index contributed by atoms with van der Waals surface area (Å²) in [5.41, 5.74) is 5.41.